The number of benzene rings is 2. The third-order valence-corrected chi connectivity index (χ3v) is 5.29. The van der Waals surface area contributed by atoms with Crippen LogP contribution >= 0.6 is 0 Å². The number of carbonyl (C=O) groups is 2. The van der Waals surface area contributed by atoms with Crippen molar-refractivity contribution in [2.45, 2.75) is 59.6 Å². The normalized spacial score (nSPS) is 12.4. The van der Waals surface area contributed by atoms with Crippen LogP contribution in [0, 0.1) is 12.8 Å². The van der Waals surface area contributed by atoms with Crippen molar-refractivity contribution in [2.24, 2.45) is 5.92 Å². The summed E-state index contributed by atoms with van der Waals surface area (Å²) in [6.45, 7) is 10.7. The maximum Gasteiger partial charge on any atom is 0.408 e. The van der Waals surface area contributed by atoms with E-state index >= 15 is 0 Å². The van der Waals surface area contributed by atoms with E-state index in [0.29, 0.717) is 17.6 Å². The molecule has 0 bridgehead atoms. The number of hydrogen-bond donors (Lipinski definition) is 1. The predicted octanol–water partition coefficient (Wildman–Crippen LogP) is 5.15. The summed E-state index contributed by atoms with van der Waals surface area (Å²) in [5, 5.41) is 3.33. The van der Waals surface area contributed by atoms with Crippen LogP contribution in [0.25, 0.3) is 11.0 Å². The lowest BCUT2D eigenvalue weighted by Crippen LogP contribution is -2.48. The standard InChI is InChI=1S/C27H31NO6/c1-16(2)23(28-26(31)34-27(4,5)6)25(30)32-19-12-13-20-17(3)21(24(29)33-22(20)15-19)14-18-10-8-7-9-11-18/h7-13,15-16,23H,14H2,1-6H3,(H,28,31). The highest BCUT2D eigenvalue weighted by Crippen LogP contribution is 2.26. The highest BCUT2D eigenvalue weighted by molar-refractivity contribution is 5.86. The van der Waals surface area contributed by atoms with Gasteiger partial charge in [0.1, 0.15) is 23.0 Å². The molecule has 1 amide bonds. The van der Waals surface area contributed by atoms with Gasteiger partial charge >= 0.3 is 17.7 Å². The molecule has 7 nitrogen and oxygen atoms in total. The van der Waals surface area contributed by atoms with Gasteiger partial charge in [0.25, 0.3) is 0 Å². The molecule has 0 aliphatic rings. The van der Waals surface area contributed by atoms with Crippen LogP contribution in [0.15, 0.2) is 57.7 Å². The van der Waals surface area contributed by atoms with Crippen LogP contribution in [0.1, 0.15) is 51.3 Å². The molecular formula is C27H31NO6. The van der Waals surface area contributed by atoms with Crippen LogP contribution < -0.4 is 15.7 Å². The van der Waals surface area contributed by atoms with Gasteiger partial charge in [-0.2, -0.15) is 0 Å². The quantitative estimate of drug-likeness (QED) is 0.307. The number of nitrogens with one attached hydrogen (secondary N) is 1. The van der Waals surface area contributed by atoms with Gasteiger partial charge in [0.15, 0.2) is 0 Å². The molecule has 3 rings (SSSR count). The molecule has 0 aliphatic heterocycles. The number of alkyl carbamates (subject to hydrolysis) is 1. The van der Waals surface area contributed by atoms with E-state index in [1.54, 1.807) is 46.8 Å². The fraction of sp³-hybridized carbons (Fsp3) is 0.370. The first-order valence-corrected chi connectivity index (χ1v) is 11.3. The van der Waals surface area contributed by atoms with Gasteiger partial charge in [-0.15, -0.1) is 0 Å². The molecule has 0 radical (unpaired) electrons. The Bertz CT molecular complexity index is 1240. The van der Waals surface area contributed by atoms with E-state index in [9.17, 15) is 14.4 Å². The van der Waals surface area contributed by atoms with Gasteiger partial charge < -0.3 is 19.2 Å². The number of carbonyl (C=O) groups excluding carboxylic acids is 2. The molecule has 0 fully saturated rings. The lowest BCUT2D eigenvalue weighted by Gasteiger charge is -2.24. The molecule has 0 aliphatic carbocycles. The summed E-state index contributed by atoms with van der Waals surface area (Å²) in [5.41, 5.74) is 1.63. The summed E-state index contributed by atoms with van der Waals surface area (Å²) < 4.78 is 16.3. The minimum Gasteiger partial charge on any atom is -0.444 e. The van der Waals surface area contributed by atoms with Crippen LogP contribution in [-0.2, 0) is 16.0 Å². The molecule has 7 heteroatoms. The van der Waals surface area contributed by atoms with Crippen molar-refractivity contribution >= 4 is 23.0 Å². The summed E-state index contributed by atoms with van der Waals surface area (Å²) >= 11 is 0. The van der Waals surface area contributed by atoms with Crippen molar-refractivity contribution in [3.8, 4) is 5.75 Å². The Morgan fingerprint density at radius 3 is 2.35 bits per heavy atom. The van der Waals surface area contributed by atoms with E-state index in [4.69, 9.17) is 13.9 Å². The molecular weight excluding hydrogens is 434 g/mol. The number of esters is 1. The van der Waals surface area contributed by atoms with Crippen molar-refractivity contribution in [2.75, 3.05) is 0 Å². The van der Waals surface area contributed by atoms with Crippen LogP contribution in [0.5, 0.6) is 5.75 Å². The average Bonchev–Trinajstić information content (AvgIpc) is 2.74. The van der Waals surface area contributed by atoms with Crippen molar-refractivity contribution in [3.63, 3.8) is 0 Å². The first-order chi connectivity index (χ1) is 15.9. The molecule has 1 N–H and O–H groups in total. The van der Waals surface area contributed by atoms with Crippen molar-refractivity contribution in [3.05, 3.63) is 75.6 Å². The topological polar surface area (TPSA) is 94.8 Å². The van der Waals surface area contributed by atoms with E-state index < -0.39 is 29.3 Å². The molecule has 34 heavy (non-hydrogen) atoms. The number of rotatable bonds is 6. The molecule has 0 spiro atoms. The highest BCUT2D eigenvalue weighted by atomic mass is 16.6. The number of fused-ring (bicyclic) bond motifs is 1. The smallest absolute Gasteiger partial charge is 0.408 e. The number of ether oxygens (including phenoxy) is 2. The van der Waals surface area contributed by atoms with Crippen molar-refractivity contribution in [1.82, 2.24) is 5.32 Å². The molecule has 1 unspecified atom stereocenters. The van der Waals surface area contributed by atoms with Crippen LogP contribution in [0.3, 0.4) is 0 Å². The Balaban J connectivity index is 1.82. The first kappa shape index (κ1) is 25.0. The summed E-state index contributed by atoms with van der Waals surface area (Å²) in [5.74, 6) is -0.659. The third kappa shape index (κ3) is 6.25. The van der Waals surface area contributed by atoms with E-state index in [0.717, 1.165) is 16.5 Å². The summed E-state index contributed by atoms with van der Waals surface area (Å²) in [7, 11) is 0. The molecule has 0 saturated carbocycles. The van der Waals surface area contributed by atoms with Gasteiger partial charge in [-0.3, -0.25) is 0 Å². The monoisotopic (exact) mass is 465 g/mol. The highest BCUT2D eigenvalue weighted by Gasteiger charge is 2.28. The lowest BCUT2D eigenvalue weighted by molar-refractivity contribution is -0.137. The molecule has 2 aromatic carbocycles. The fourth-order valence-electron chi connectivity index (χ4n) is 3.55. The zero-order valence-electron chi connectivity index (χ0n) is 20.4. The largest absolute Gasteiger partial charge is 0.444 e. The molecule has 1 heterocycles. The number of amides is 1. The minimum atomic E-state index is -0.910. The molecule has 1 aromatic heterocycles. The Kier molecular flexibility index (Phi) is 7.44. The van der Waals surface area contributed by atoms with E-state index in [1.807, 2.05) is 37.3 Å². The second kappa shape index (κ2) is 10.1. The molecule has 1 atom stereocenters. The Morgan fingerprint density at radius 1 is 1.06 bits per heavy atom. The van der Waals surface area contributed by atoms with Gasteiger partial charge in [-0.1, -0.05) is 44.2 Å². The van der Waals surface area contributed by atoms with Crippen molar-refractivity contribution < 1.29 is 23.5 Å². The second-order valence-corrected chi connectivity index (χ2v) is 9.60. The minimum absolute atomic E-state index is 0.215. The van der Waals surface area contributed by atoms with E-state index in [1.165, 1.54) is 6.07 Å². The predicted molar refractivity (Wildman–Crippen MR) is 130 cm³/mol. The summed E-state index contributed by atoms with van der Waals surface area (Å²) in [4.78, 5) is 37.6. The van der Waals surface area contributed by atoms with Crippen LogP contribution in [0.4, 0.5) is 4.79 Å². The fourth-order valence-corrected chi connectivity index (χ4v) is 3.55. The van der Waals surface area contributed by atoms with Gasteiger partial charge in [0.2, 0.25) is 0 Å². The van der Waals surface area contributed by atoms with Gasteiger partial charge in [0.05, 0.1) is 0 Å². The summed E-state index contributed by atoms with van der Waals surface area (Å²) in [6.07, 6.45) is -0.233. The van der Waals surface area contributed by atoms with Crippen LogP contribution in [0.2, 0.25) is 0 Å². The second-order valence-electron chi connectivity index (χ2n) is 9.60. The van der Waals surface area contributed by atoms with E-state index in [2.05, 4.69) is 5.32 Å². The molecule has 0 saturated heterocycles. The molecule has 3 aromatic rings. The number of hydrogen-bond acceptors (Lipinski definition) is 6. The number of aryl methyl sites for hydroxylation is 1. The Morgan fingerprint density at radius 2 is 1.74 bits per heavy atom. The maximum atomic E-state index is 12.8. The Hall–Kier alpha value is -3.61. The first-order valence-electron chi connectivity index (χ1n) is 11.3. The SMILES string of the molecule is Cc1c(Cc2ccccc2)c(=O)oc2cc(OC(=O)C(NC(=O)OC(C)(C)C)C(C)C)ccc12. The van der Waals surface area contributed by atoms with Crippen molar-refractivity contribution in [1.29, 1.82) is 0 Å². The van der Waals surface area contributed by atoms with Gasteiger partial charge in [0, 0.05) is 23.4 Å². The summed E-state index contributed by atoms with van der Waals surface area (Å²) in [6, 6.07) is 13.7. The van der Waals surface area contributed by atoms with Gasteiger partial charge in [-0.25, -0.2) is 14.4 Å². The lowest BCUT2D eigenvalue weighted by atomic mass is 9.99. The van der Waals surface area contributed by atoms with Crippen LogP contribution in [-0.4, -0.2) is 23.7 Å². The Labute approximate surface area is 199 Å². The van der Waals surface area contributed by atoms with Gasteiger partial charge in [-0.05, 0) is 56.9 Å². The average molecular weight is 466 g/mol. The maximum absolute atomic E-state index is 12.8. The zero-order valence-corrected chi connectivity index (χ0v) is 20.4. The third-order valence-electron chi connectivity index (χ3n) is 5.29. The zero-order chi connectivity index (χ0) is 25.0. The van der Waals surface area contributed by atoms with E-state index in [-0.39, 0.29) is 11.7 Å². The molecule has 180 valence electrons.